The predicted octanol–water partition coefficient (Wildman–Crippen LogP) is 4.00. The second-order valence-electron chi connectivity index (χ2n) is 4.99. The van der Waals surface area contributed by atoms with Gasteiger partial charge in [0.25, 0.3) is 0 Å². The third kappa shape index (κ3) is 4.62. The van der Waals surface area contributed by atoms with E-state index in [0.717, 1.165) is 35.7 Å². The van der Waals surface area contributed by atoms with Gasteiger partial charge in [-0.15, -0.1) is 0 Å². The lowest BCUT2D eigenvalue weighted by molar-refractivity contribution is 0.276. The van der Waals surface area contributed by atoms with Crippen LogP contribution in [-0.2, 0) is 0 Å². The third-order valence-electron chi connectivity index (χ3n) is 3.36. The molecule has 0 bridgehead atoms. The summed E-state index contributed by atoms with van der Waals surface area (Å²) in [6.45, 7) is 4.15. The normalized spacial score (nSPS) is 16.6. The molecule has 100 valence electrons. The summed E-state index contributed by atoms with van der Waals surface area (Å²) >= 11 is 3.43. The van der Waals surface area contributed by atoms with Crippen LogP contribution >= 0.6 is 15.9 Å². The Labute approximate surface area is 118 Å². The molecule has 1 aromatic rings. The molecule has 18 heavy (non-hydrogen) atoms. The maximum atomic E-state index is 5.79. The largest absolute Gasteiger partial charge is 0.494 e. The Morgan fingerprint density at radius 1 is 1.33 bits per heavy atom. The Balaban J connectivity index is 1.70. The van der Waals surface area contributed by atoms with E-state index >= 15 is 0 Å². The highest BCUT2D eigenvalue weighted by atomic mass is 79.9. The van der Waals surface area contributed by atoms with E-state index in [1.807, 2.05) is 24.3 Å². The van der Waals surface area contributed by atoms with E-state index in [-0.39, 0.29) is 0 Å². The Morgan fingerprint density at radius 3 is 2.67 bits per heavy atom. The zero-order valence-electron chi connectivity index (χ0n) is 11.0. The molecule has 0 spiro atoms. The van der Waals surface area contributed by atoms with Crippen LogP contribution in [0.3, 0.4) is 0 Å². The molecule has 1 fully saturated rings. The molecule has 1 aliphatic rings. The van der Waals surface area contributed by atoms with Crippen molar-refractivity contribution in [2.75, 3.05) is 13.2 Å². The Kier molecular flexibility index (Phi) is 5.51. The summed E-state index contributed by atoms with van der Waals surface area (Å²) < 4.78 is 6.88. The molecular weight excluding hydrogens is 290 g/mol. The van der Waals surface area contributed by atoms with Gasteiger partial charge < -0.3 is 10.1 Å². The predicted molar refractivity (Wildman–Crippen MR) is 79.1 cm³/mol. The van der Waals surface area contributed by atoms with Crippen LogP contribution in [0.15, 0.2) is 28.7 Å². The van der Waals surface area contributed by atoms with Gasteiger partial charge in [0.05, 0.1) is 6.61 Å². The van der Waals surface area contributed by atoms with Gasteiger partial charge in [-0.05, 0) is 62.4 Å². The molecule has 0 aromatic heterocycles. The average molecular weight is 312 g/mol. The van der Waals surface area contributed by atoms with E-state index in [1.54, 1.807) is 0 Å². The van der Waals surface area contributed by atoms with Gasteiger partial charge in [-0.1, -0.05) is 22.9 Å². The number of rotatable bonds is 8. The van der Waals surface area contributed by atoms with Crippen molar-refractivity contribution in [2.24, 2.45) is 5.92 Å². The van der Waals surface area contributed by atoms with E-state index in [2.05, 4.69) is 28.2 Å². The van der Waals surface area contributed by atoms with Crippen molar-refractivity contribution >= 4 is 15.9 Å². The molecular formula is C15H22BrNO. The molecule has 2 nitrogen and oxygen atoms in total. The quantitative estimate of drug-likeness (QED) is 0.783. The Hall–Kier alpha value is -0.540. The van der Waals surface area contributed by atoms with E-state index in [4.69, 9.17) is 4.74 Å². The fourth-order valence-corrected chi connectivity index (χ4v) is 2.43. The molecule has 1 N–H and O–H groups in total. The zero-order chi connectivity index (χ0) is 12.8. The highest BCUT2D eigenvalue weighted by Crippen LogP contribution is 2.34. The average Bonchev–Trinajstić information content (AvgIpc) is 3.20. The molecule has 3 heteroatoms. The first-order valence-corrected chi connectivity index (χ1v) is 7.70. The Bertz CT molecular complexity index is 348. The summed E-state index contributed by atoms with van der Waals surface area (Å²) in [5.74, 6) is 1.85. The van der Waals surface area contributed by atoms with Crippen molar-refractivity contribution in [1.29, 1.82) is 0 Å². The maximum Gasteiger partial charge on any atom is 0.119 e. The maximum absolute atomic E-state index is 5.79. The fourth-order valence-electron chi connectivity index (χ4n) is 2.17. The van der Waals surface area contributed by atoms with Crippen molar-refractivity contribution in [2.45, 2.75) is 38.6 Å². The number of hydrogen-bond donors (Lipinski definition) is 1. The Morgan fingerprint density at radius 2 is 2.06 bits per heavy atom. The molecule has 0 heterocycles. The van der Waals surface area contributed by atoms with Gasteiger partial charge in [-0.3, -0.25) is 0 Å². The first kappa shape index (κ1) is 13.9. The summed E-state index contributed by atoms with van der Waals surface area (Å²) in [4.78, 5) is 0. The minimum Gasteiger partial charge on any atom is -0.494 e. The molecule has 1 aliphatic carbocycles. The van der Waals surface area contributed by atoms with Gasteiger partial charge in [0, 0.05) is 10.5 Å². The number of halogens is 1. The third-order valence-corrected chi connectivity index (χ3v) is 3.89. The second kappa shape index (κ2) is 7.15. The summed E-state index contributed by atoms with van der Waals surface area (Å²) in [5.41, 5.74) is 0. The molecule has 0 aliphatic heterocycles. The van der Waals surface area contributed by atoms with Gasteiger partial charge in [0.1, 0.15) is 5.75 Å². The highest BCUT2D eigenvalue weighted by molar-refractivity contribution is 9.10. The van der Waals surface area contributed by atoms with E-state index in [0.29, 0.717) is 6.04 Å². The lowest BCUT2D eigenvalue weighted by Crippen LogP contribution is -2.33. The topological polar surface area (TPSA) is 21.3 Å². The number of ether oxygens (including phenoxy) is 1. The number of benzene rings is 1. The molecule has 0 radical (unpaired) electrons. The summed E-state index contributed by atoms with van der Waals surface area (Å²) in [7, 11) is 0. The molecule has 0 amide bonds. The van der Waals surface area contributed by atoms with Crippen LogP contribution in [0.2, 0.25) is 0 Å². The highest BCUT2D eigenvalue weighted by Gasteiger charge is 2.30. The van der Waals surface area contributed by atoms with Gasteiger partial charge in [-0.25, -0.2) is 0 Å². The van der Waals surface area contributed by atoms with Crippen LogP contribution < -0.4 is 10.1 Å². The van der Waals surface area contributed by atoms with Crippen molar-refractivity contribution in [3.8, 4) is 5.75 Å². The summed E-state index contributed by atoms with van der Waals surface area (Å²) in [5, 5.41) is 3.64. The smallest absolute Gasteiger partial charge is 0.119 e. The van der Waals surface area contributed by atoms with Crippen LogP contribution in [0.25, 0.3) is 0 Å². The van der Waals surface area contributed by atoms with Crippen LogP contribution in [-0.4, -0.2) is 19.2 Å². The molecule has 0 saturated heterocycles. The minimum atomic E-state index is 0.653. The number of hydrogen-bond acceptors (Lipinski definition) is 2. The van der Waals surface area contributed by atoms with E-state index in [9.17, 15) is 0 Å². The second-order valence-corrected chi connectivity index (χ2v) is 5.90. The van der Waals surface area contributed by atoms with E-state index < -0.39 is 0 Å². The van der Waals surface area contributed by atoms with Gasteiger partial charge >= 0.3 is 0 Å². The molecule has 2 rings (SSSR count). The first-order chi connectivity index (χ1) is 8.79. The standard InChI is InChI=1S/C15H22BrNO/c1-2-10-17-15(12-3-4-12)9-11-18-14-7-5-13(16)6-8-14/h5-8,12,15,17H,2-4,9-11H2,1H3. The first-order valence-electron chi connectivity index (χ1n) is 6.91. The fraction of sp³-hybridized carbons (Fsp3) is 0.600. The van der Waals surface area contributed by atoms with Crippen molar-refractivity contribution in [3.63, 3.8) is 0 Å². The lowest BCUT2D eigenvalue weighted by atomic mass is 10.1. The SMILES string of the molecule is CCCNC(CCOc1ccc(Br)cc1)C1CC1. The monoisotopic (exact) mass is 311 g/mol. The van der Waals surface area contributed by atoms with Crippen LogP contribution in [0.4, 0.5) is 0 Å². The van der Waals surface area contributed by atoms with Crippen molar-refractivity contribution < 1.29 is 4.74 Å². The molecule has 1 aromatic carbocycles. The van der Waals surface area contributed by atoms with E-state index in [1.165, 1.54) is 19.3 Å². The number of nitrogens with one attached hydrogen (secondary N) is 1. The molecule has 1 unspecified atom stereocenters. The van der Waals surface area contributed by atoms with Gasteiger partial charge in [0.15, 0.2) is 0 Å². The molecule has 1 saturated carbocycles. The van der Waals surface area contributed by atoms with Crippen molar-refractivity contribution in [3.05, 3.63) is 28.7 Å². The van der Waals surface area contributed by atoms with Gasteiger partial charge in [0.2, 0.25) is 0 Å². The van der Waals surface area contributed by atoms with Crippen LogP contribution in [0.1, 0.15) is 32.6 Å². The van der Waals surface area contributed by atoms with Crippen LogP contribution in [0, 0.1) is 5.92 Å². The molecule has 1 atom stereocenters. The summed E-state index contributed by atoms with van der Waals surface area (Å²) in [6.07, 6.45) is 5.09. The van der Waals surface area contributed by atoms with Gasteiger partial charge in [-0.2, -0.15) is 0 Å². The zero-order valence-corrected chi connectivity index (χ0v) is 12.6. The van der Waals surface area contributed by atoms with Crippen LogP contribution in [0.5, 0.6) is 5.75 Å². The minimum absolute atomic E-state index is 0.653. The lowest BCUT2D eigenvalue weighted by Gasteiger charge is -2.18. The summed E-state index contributed by atoms with van der Waals surface area (Å²) in [6, 6.07) is 8.71. The van der Waals surface area contributed by atoms with Crippen molar-refractivity contribution in [1.82, 2.24) is 5.32 Å².